The quantitative estimate of drug-likeness (QED) is 0.171. The van der Waals surface area contributed by atoms with Crippen molar-refractivity contribution in [2.24, 2.45) is 0 Å². The highest BCUT2D eigenvalue weighted by atomic mass is 15.1. The second-order valence-electron chi connectivity index (χ2n) is 14.2. The average molecular weight is 702 g/mol. The minimum absolute atomic E-state index is 0.887. The van der Waals surface area contributed by atoms with Crippen molar-refractivity contribution in [2.45, 2.75) is 0 Å². The summed E-state index contributed by atoms with van der Waals surface area (Å²) in [7, 11) is 0. The van der Waals surface area contributed by atoms with E-state index >= 15 is 0 Å². The van der Waals surface area contributed by atoms with Gasteiger partial charge in [-0.15, -0.1) is 0 Å². The minimum atomic E-state index is 0.887. The monoisotopic (exact) mass is 701 g/mol. The van der Waals surface area contributed by atoms with E-state index in [1.807, 2.05) is 24.5 Å². The zero-order chi connectivity index (χ0) is 36.0. The van der Waals surface area contributed by atoms with Gasteiger partial charge in [-0.05, 0) is 71.4 Å². The summed E-state index contributed by atoms with van der Waals surface area (Å²) < 4.78 is 7.22. The molecule has 0 N–H and O–H groups in total. The van der Waals surface area contributed by atoms with Gasteiger partial charge < -0.3 is 9.13 Å². The van der Waals surface area contributed by atoms with Crippen molar-refractivity contribution in [1.82, 2.24) is 23.7 Å². The van der Waals surface area contributed by atoms with Crippen molar-refractivity contribution in [2.75, 3.05) is 0 Å². The molecule has 0 aliphatic carbocycles. The third-order valence-electron chi connectivity index (χ3n) is 11.3. The lowest BCUT2D eigenvalue weighted by Gasteiger charge is -2.15. The smallest absolute Gasteiger partial charge is 0.145 e. The van der Waals surface area contributed by atoms with E-state index in [1.165, 1.54) is 59.8 Å². The maximum atomic E-state index is 5.41. The summed E-state index contributed by atoms with van der Waals surface area (Å²) in [6, 6.07) is 63.3. The molecule has 0 atom stereocenters. The predicted molar refractivity (Wildman–Crippen MR) is 228 cm³/mol. The van der Waals surface area contributed by atoms with Gasteiger partial charge >= 0.3 is 0 Å². The van der Waals surface area contributed by atoms with Crippen molar-refractivity contribution in [3.8, 4) is 28.5 Å². The Hall–Kier alpha value is -7.50. The number of benzene rings is 8. The molecular weight excluding hydrogens is 671 g/mol. The first-order valence-corrected chi connectivity index (χ1v) is 18.7. The Morgan fingerprint density at radius 3 is 1.35 bits per heavy atom. The van der Waals surface area contributed by atoms with Crippen LogP contribution in [0.3, 0.4) is 0 Å². The maximum absolute atomic E-state index is 5.41. The van der Waals surface area contributed by atoms with Crippen LogP contribution in [0.1, 0.15) is 0 Å². The first-order valence-electron chi connectivity index (χ1n) is 18.7. The first-order chi connectivity index (χ1) is 27.3. The second kappa shape index (κ2) is 11.5. The van der Waals surface area contributed by atoms with Crippen molar-refractivity contribution >= 4 is 76.2 Å². The molecule has 0 aliphatic rings. The lowest BCUT2D eigenvalue weighted by atomic mass is 10.00. The van der Waals surface area contributed by atoms with Crippen LogP contribution in [0.2, 0.25) is 0 Å². The molecule has 12 aromatic rings. The molecule has 55 heavy (non-hydrogen) atoms. The van der Waals surface area contributed by atoms with Gasteiger partial charge in [-0.1, -0.05) is 115 Å². The first kappa shape index (κ1) is 30.0. The zero-order valence-corrected chi connectivity index (χ0v) is 29.6. The van der Waals surface area contributed by atoms with Crippen LogP contribution in [0.4, 0.5) is 0 Å². The van der Waals surface area contributed by atoms with Crippen LogP contribution in [-0.4, -0.2) is 23.7 Å². The molecule has 0 spiro atoms. The molecule has 5 heteroatoms. The Labute approximate surface area is 315 Å². The lowest BCUT2D eigenvalue weighted by Crippen LogP contribution is -2.01. The van der Waals surface area contributed by atoms with Crippen LogP contribution < -0.4 is 0 Å². The average Bonchev–Trinajstić information content (AvgIpc) is 3.93. The summed E-state index contributed by atoms with van der Waals surface area (Å²) >= 11 is 0. The van der Waals surface area contributed by atoms with Crippen molar-refractivity contribution < 1.29 is 0 Å². The zero-order valence-electron chi connectivity index (χ0n) is 29.6. The molecule has 0 saturated heterocycles. The highest BCUT2D eigenvalue weighted by Crippen LogP contribution is 2.43. The lowest BCUT2D eigenvalue weighted by molar-refractivity contribution is 1.09. The van der Waals surface area contributed by atoms with Crippen LogP contribution in [0.5, 0.6) is 0 Å². The van der Waals surface area contributed by atoms with Crippen LogP contribution in [-0.2, 0) is 0 Å². The van der Waals surface area contributed by atoms with Gasteiger partial charge in [-0.3, -0.25) is 9.55 Å². The van der Waals surface area contributed by atoms with Crippen molar-refractivity contribution in [3.05, 3.63) is 188 Å². The molecule has 0 unspecified atom stereocenters. The Morgan fingerprint density at radius 2 is 0.745 bits per heavy atom. The molecule has 5 nitrogen and oxygen atoms in total. The fraction of sp³-hybridized carbons (Fsp3) is 0. The molecule has 0 aliphatic heterocycles. The van der Waals surface area contributed by atoms with Crippen molar-refractivity contribution in [3.63, 3.8) is 0 Å². The van der Waals surface area contributed by atoms with Gasteiger partial charge in [0.2, 0.25) is 0 Å². The summed E-state index contributed by atoms with van der Waals surface area (Å²) in [4.78, 5) is 9.75. The number of fused-ring (bicyclic) bond motifs is 13. The number of nitrogens with zero attached hydrogens (tertiary/aromatic N) is 5. The van der Waals surface area contributed by atoms with Crippen LogP contribution in [0.15, 0.2) is 188 Å². The minimum Gasteiger partial charge on any atom is -0.307 e. The van der Waals surface area contributed by atoms with E-state index in [0.717, 1.165) is 44.9 Å². The fourth-order valence-corrected chi connectivity index (χ4v) is 9.02. The van der Waals surface area contributed by atoms with Crippen LogP contribution in [0.25, 0.3) is 105 Å². The van der Waals surface area contributed by atoms with Crippen LogP contribution in [0, 0.1) is 0 Å². The standard InChI is InChI=1S/C50H31N5/c1-2-12-33(13-3-1)53-44-20-10-8-16-38(44)42-26-27-43-39-17-9-11-21-45(39)54(49(43)48(42)53)34-22-24-35(25-23-34)55-47-41-19-7-5-15-37(41)36-14-4-6-18-40(36)46(47)52-50(55)32-28-30-51-31-29-32/h1-31H. The van der Waals surface area contributed by atoms with E-state index in [9.17, 15) is 0 Å². The molecular formula is C50H31N5. The Kier molecular flexibility index (Phi) is 6.27. The van der Waals surface area contributed by atoms with Crippen molar-refractivity contribution in [1.29, 1.82) is 0 Å². The van der Waals surface area contributed by atoms with E-state index in [1.54, 1.807) is 0 Å². The van der Waals surface area contributed by atoms with Gasteiger partial charge in [0.15, 0.2) is 0 Å². The summed E-state index contributed by atoms with van der Waals surface area (Å²) in [6.45, 7) is 0. The molecule has 8 aromatic carbocycles. The van der Waals surface area contributed by atoms with E-state index in [-0.39, 0.29) is 0 Å². The third-order valence-corrected chi connectivity index (χ3v) is 11.3. The molecule has 0 amide bonds. The summed E-state index contributed by atoms with van der Waals surface area (Å²) in [5.41, 5.74) is 11.1. The number of rotatable bonds is 4. The highest BCUT2D eigenvalue weighted by molar-refractivity contribution is 6.25. The summed E-state index contributed by atoms with van der Waals surface area (Å²) in [5, 5.41) is 9.67. The normalized spacial score (nSPS) is 12.0. The summed E-state index contributed by atoms with van der Waals surface area (Å²) in [6.07, 6.45) is 3.69. The van der Waals surface area contributed by atoms with E-state index < -0.39 is 0 Å². The van der Waals surface area contributed by atoms with Gasteiger partial charge in [-0.25, -0.2) is 4.98 Å². The second-order valence-corrected chi connectivity index (χ2v) is 14.2. The van der Waals surface area contributed by atoms with Gasteiger partial charge in [0.1, 0.15) is 5.82 Å². The Morgan fingerprint density at radius 1 is 0.309 bits per heavy atom. The number of hydrogen-bond acceptors (Lipinski definition) is 2. The number of hydrogen-bond donors (Lipinski definition) is 0. The topological polar surface area (TPSA) is 40.6 Å². The molecule has 0 saturated carbocycles. The van der Waals surface area contributed by atoms with E-state index in [4.69, 9.17) is 4.98 Å². The number of pyridine rings is 1. The molecule has 0 radical (unpaired) electrons. The SMILES string of the molecule is c1ccc(-n2c3ccccc3c3ccc4c5ccccc5n(-c5ccc(-n6c(-c7ccncc7)nc7c8ccccc8c8ccccc8c76)cc5)c4c32)cc1. The molecule has 0 bridgehead atoms. The predicted octanol–water partition coefficient (Wildman–Crippen LogP) is 12.6. The van der Waals surface area contributed by atoms with Gasteiger partial charge in [0.05, 0.1) is 33.1 Å². The third kappa shape index (κ3) is 4.23. The number of para-hydroxylation sites is 3. The summed E-state index contributed by atoms with van der Waals surface area (Å²) in [5.74, 6) is 0.887. The molecule has 4 heterocycles. The molecule has 0 fully saturated rings. The van der Waals surface area contributed by atoms with Gasteiger partial charge in [0.25, 0.3) is 0 Å². The highest BCUT2D eigenvalue weighted by Gasteiger charge is 2.23. The molecule has 12 rings (SSSR count). The number of imidazole rings is 1. The Balaban J connectivity index is 1.16. The fourth-order valence-electron chi connectivity index (χ4n) is 9.02. The molecule has 4 aromatic heterocycles. The van der Waals surface area contributed by atoms with Gasteiger partial charge in [-0.2, -0.15) is 0 Å². The maximum Gasteiger partial charge on any atom is 0.145 e. The van der Waals surface area contributed by atoms with Gasteiger partial charge in [0, 0.05) is 67.3 Å². The van der Waals surface area contributed by atoms with E-state index in [0.29, 0.717) is 0 Å². The number of aromatic nitrogens is 5. The molecule has 256 valence electrons. The Bertz CT molecular complexity index is 3460. The van der Waals surface area contributed by atoms with Crippen LogP contribution >= 0.6 is 0 Å². The largest absolute Gasteiger partial charge is 0.307 e. The van der Waals surface area contributed by atoms with E-state index in [2.05, 4.69) is 182 Å².